The third-order valence-electron chi connectivity index (χ3n) is 6.11. The highest BCUT2D eigenvalue weighted by Crippen LogP contribution is 2.32. The molecule has 8 heteroatoms. The number of aromatic nitrogens is 2. The number of hydrogen-bond acceptors (Lipinski definition) is 6. The van der Waals surface area contributed by atoms with Crippen molar-refractivity contribution < 1.29 is 23.7 Å². The van der Waals surface area contributed by atoms with Crippen molar-refractivity contribution >= 4 is 0 Å². The Morgan fingerprint density at radius 1 is 1.19 bits per heavy atom. The molecule has 7 nitrogen and oxygen atoms in total. The van der Waals surface area contributed by atoms with Gasteiger partial charge in [0, 0.05) is 32.3 Å². The van der Waals surface area contributed by atoms with Crippen LogP contribution in [0.2, 0.25) is 0 Å². The fourth-order valence-corrected chi connectivity index (χ4v) is 4.37. The van der Waals surface area contributed by atoms with Crippen LogP contribution >= 0.6 is 0 Å². The maximum absolute atomic E-state index is 13.9. The van der Waals surface area contributed by atoms with E-state index < -0.39 is 6.10 Å². The lowest BCUT2D eigenvalue weighted by atomic mass is 10.1. The summed E-state index contributed by atoms with van der Waals surface area (Å²) >= 11 is 0. The molecule has 2 atom stereocenters. The molecule has 2 heterocycles. The van der Waals surface area contributed by atoms with Gasteiger partial charge in [-0.25, -0.2) is 9.07 Å². The van der Waals surface area contributed by atoms with Crippen molar-refractivity contribution in [2.24, 2.45) is 0 Å². The van der Waals surface area contributed by atoms with Crippen LogP contribution in [0.1, 0.15) is 37.9 Å². The van der Waals surface area contributed by atoms with E-state index >= 15 is 0 Å². The van der Waals surface area contributed by atoms with Crippen LogP contribution in [0, 0.1) is 12.7 Å². The fourth-order valence-electron chi connectivity index (χ4n) is 4.37. The van der Waals surface area contributed by atoms with E-state index in [-0.39, 0.29) is 24.6 Å². The van der Waals surface area contributed by atoms with Crippen molar-refractivity contribution in [3.63, 3.8) is 0 Å². The number of halogens is 1. The summed E-state index contributed by atoms with van der Waals surface area (Å²) in [6, 6.07) is 15.8. The lowest BCUT2D eigenvalue weighted by Gasteiger charge is -2.28. The number of hydrogen-bond donors (Lipinski definition) is 1. The van der Waals surface area contributed by atoms with E-state index in [1.807, 2.05) is 51.1 Å². The number of aliphatic hydroxyl groups is 1. The van der Waals surface area contributed by atoms with Gasteiger partial charge in [-0.1, -0.05) is 24.3 Å². The van der Waals surface area contributed by atoms with Gasteiger partial charge in [0.1, 0.15) is 11.6 Å². The number of aliphatic hydroxyl groups excluding tert-OH is 1. The van der Waals surface area contributed by atoms with Crippen LogP contribution in [0.5, 0.6) is 11.6 Å². The molecule has 1 saturated heterocycles. The van der Waals surface area contributed by atoms with Gasteiger partial charge in [0.25, 0.3) is 0 Å². The Labute approximate surface area is 212 Å². The predicted molar refractivity (Wildman–Crippen MR) is 136 cm³/mol. The first-order chi connectivity index (χ1) is 17.4. The molecule has 1 fully saturated rings. The topological polar surface area (TPSA) is 69.0 Å². The summed E-state index contributed by atoms with van der Waals surface area (Å²) < 4.78 is 33.5. The smallest absolute Gasteiger partial charge is 0.227 e. The molecule has 0 saturated carbocycles. The Hall–Kier alpha value is -2.78. The summed E-state index contributed by atoms with van der Waals surface area (Å²) in [5.41, 5.74) is 2.52. The molecule has 0 aliphatic carbocycles. The molecule has 0 radical (unpaired) electrons. The maximum atomic E-state index is 13.9. The minimum Gasteiger partial charge on any atom is -0.438 e. The van der Waals surface area contributed by atoms with E-state index in [0.717, 1.165) is 36.4 Å². The van der Waals surface area contributed by atoms with Crippen LogP contribution in [0.15, 0.2) is 54.6 Å². The normalized spacial score (nSPS) is 16.7. The summed E-state index contributed by atoms with van der Waals surface area (Å²) in [4.78, 5) is 2.17. The summed E-state index contributed by atoms with van der Waals surface area (Å²) in [7, 11) is 0. The third-order valence-corrected chi connectivity index (χ3v) is 6.11. The fraction of sp³-hybridized carbons (Fsp3) is 0.464. The van der Waals surface area contributed by atoms with E-state index in [4.69, 9.17) is 19.3 Å². The first-order valence-electron chi connectivity index (χ1n) is 12.6. The minimum absolute atomic E-state index is 0.0453. The highest BCUT2D eigenvalue weighted by atomic mass is 19.1. The molecule has 4 rings (SSSR count). The average Bonchev–Trinajstić information content (AvgIpc) is 3.47. The van der Waals surface area contributed by atoms with Crippen LogP contribution in [0.25, 0.3) is 5.69 Å². The van der Waals surface area contributed by atoms with Crippen molar-refractivity contribution in [3.05, 3.63) is 71.7 Å². The Morgan fingerprint density at radius 2 is 2.00 bits per heavy atom. The molecule has 0 bridgehead atoms. The average molecular weight is 498 g/mol. The van der Waals surface area contributed by atoms with Crippen LogP contribution in [0.3, 0.4) is 0 Å². The Kier molecular flexibility index (Phi) is 9.09. The number of ether oxygens (including phenoxy) is 3. The summed E-state index contributed by atoms with van der Waals surface area (Å²) in [6.07, 6.45) is 1.54. The monoisotopic (exact) mass is 497 g/mol. The van der Waals surface area contributed by atoms with Crippen LogP contribution in [-0.4, -0.2) is 64.4 Å². The predicted octanol–water partition coefficient (Wildman–Crippen LogP) is 4.88. The van der Waals surface area contributed by atoms with E-state index in [0.29, 0.717) is 31.3 Å². The van der Waals surface area contributed by atoms with Crippen molar-refractivity contribution in [2.75, 3.05) is 26.3 Å². The molecular weight excluding hydrogens is 461 g/mol. The first kappa shape index (κ1) is 26.3. The molecule has 1 N–H and O–H groups in total. The lowest BCUT2D eigenvalue weighted by Crippen LogP contribution is -2.39. The number of aryl methyl sites for hydroxylation is 1. The molecule has 1 aromatic heterocycles. The van der Waals surface area contributed by atoms with Crippen LogP contribution in [-0.2, 0) is 16.0 Å². The Balaban J connectivity index is 1.65. The molecule has 0 amide bonds. The van der Waals surface area contributed by atoms with Gasteiger partial charge < -0.3 is 19.3 Å². The highest BCUT2D eigenvalue weighted by molar-refractivity contribution is 5.43. The molecular formula is C28H36FN3O4. The van der Waals surface area contributed by atoms with Crippen molar-refractivity contribution in [1.82, 2.24) is 14.7 Å². The van der Waals surface area contributed by atoms with Gasteiger partial charge in [-0.05, 0) is 57.9 Å². The number of para-hydroxylation sites is 1. The van der Waals surface area contributed by atoms with Crippen LogP contribution < -0.4 is 4.74 Å². The van der Waals surface area contributed by atoms with E-state index in [1.54, 1.807) is 16.8 Å². The van der Waals surface area contributed by atoms with Crippen molar-refractivity contribution in [1.29, 1.82) is 0 Å². The Bertz CT molecular complexity index is 1100. The van der Waals surface area contributed by atoms with E-state index in [2.05, 4.69) is 4.90 Å². The van der Waals surface area contributed by atoms with E-state index in [1.165, 1.54) is 12.1 Å². The third kappa shape index (κ3) is 7.13. The largest absolute Gasteiger partial charge is 0.438 e. The van der Waals surface area contributed by atoms with Crippen molar-refractivity contribution in [2.45, 2.75) is 58.5 Å². The molecule has 0 spiro atoms. The second-order valence-corrected chi connectivity index (χ2v) is 9.54. The number of nitrogens with zero attached hydrogens (tertiary/aromatic N) is 3. The van der Waals surface area contributed by atoms with Crippen LogP contribution in [0.4, 0.5) is 4.39 Å². The molecule has 36 heavy (non-hydrogen) atoms. The summed E-state index contributed by atoms with van der Waals surface area (Å²) in [5, 5.41) is 15.5. The van der Waals surface area contributed by atoms with Gasteiger partial charge in [0.15, 0.2) is 0 Å². The quantitative estimate of drug-likeness (QED) is 0.385. The highest BCUT2D eigenvalue weighted by Gasteiger charge is 2.26. The molecule has 2 aromatic carbocycles. The van der Waals surface area contributed by atoms with Gasteiger partial charge in [-0.2, -0.15) is 5.10 Å². The lowest BCUT2D eigenvalue weighted by molar-refractivity contribution is -0.0173. The minimum atomic E-state index is -0.647. The maximum Gasteiger partial charge on any atom is 0.227 e. The van der Waals surface area contributed by atoms with E-state index in [9.17, 15) is 9.50 Å². The zero-order chi connectivity index (χ0) is 25.5. The van der Waals surface area contributed by atoms with Crippen molar-refractivity contribution in [3.8, 4) is 17.3 Å². The second-order valence-electron chi connectivity index (χ2n) is 9.54. The second kappa shape index (κ2) is 12.5. The SMILES string of the molecule is Cc1nn(-c2ccccc2)c(Oc2cccc(F)c2)c1CN(CC(O)COC(C)C)CC1CCCO1. The van der Waals surface area contributed by atoms with Gasteiger partial charge >= 0.3 is 0 Å². The zero-order valence-electron chi connectivity index (χ0n) is 21.3. The standard InChI is InChI=1S/C28H36FN3O4/c1-20(2)35-19-24(33)16-31(17-26-13-8-14-34-26)18-27-21(3)30-32(23-10-5-4-6-11-23)28(27)36-25-12-7-9-22(29)15-25/h4-7,9-12,15,20,24,26,33H,8,13-14,16-19H2,1-3H3. The summed E-state index contributed by atoms with van der Waals surface area (Å²) in [5.74, 6) is 0.545. The number of benzene rings is 2. The summed E-state index contributed by atoms with van der Waals surface area (Å²) in [6.45, 7) is 8.45. The number of rotatable bonds is 12. The zero-order valence-corrected chi connectivity index (χ0v) is 21.3. The van der Waals surface area contributed by atoms with Gasteiger partial charge in [0.2, 0.25) is 5.88 Å². The molecule has 1 aliphatic rings. The first-order valence-corrected chi connectivity index (χ1v) is 12.6. The van der Waals surface area contributed by atoms with Gasteiger partial charge in [-0.3, -0.25) is 4.90 Å². The molecule has 2 unspecified atom stereocenters. The van der Waals surface area contributed by atoms with Gasteiger partial charge in [-0.15, -0.1) is 0 Å². The Morgan fingerprint density at radius 3 is 2.69 bits per heavy atom. The van der Waals surface area contributed by atoms with Gasteiger partial charge in [0.05, 0.1) is 41.9 Å². The molecule has 194 valence electrons. The molecule has 1 aliphatic heterocycles. The molecule has 3 aromatic rings.